The molecule has 1 aliphatic carbocycles. The summed E-state index contributed by atoms with van der Waals surface area (Å²) in [5, 5.41) is 12.9. The molecule has 1 aliphatic heterocycles. The fraction of sp³-hybridized carbons (Fsp3) is 0.533. The number of aliphatic hydroxyl groups excluding tert-OH is 1. The van der Waals surface area contributed by atoms with E-state index in [1.165, 1.54) is 0 Å². The molecule has 0 atom stereocenters. The lowest BCUT2D eigenvalue weighted by Gasteiger charge is -2.28. The maximum atomic E-state index is 12.4. The van der Waals surface area contributed by atoms with Gasteiger partial charge in [-0.25, -0.2) is 0 Å². The molecule has 2 aliphatic rings. The molecule has 114 valence electrons. The molecule has 1 heterocycles. The Morgan fingerprint density at radius 2 is 2.00 bits per heavy atom. The van der Waals surface area contributed by atoms with Crippen molar-refractivity contribution in [2.45, 2.75) is 31.2 Å². The fourth-order valence-corrected chi connectivity index (χ4v) is 3.19. The molecule has 1 amide bonds. The molecule has 0 aromatic heterocycles. The van der Waals surface area contributed by atoms with Crippen LogP contribution in [0.1, 0.15) is 36.0 Å². The third-order valence-corrected chi connectivity index (χ3v) is 4.38. The number of benzene rings is 1. The molecule has 1 aromatic carbocycles. The van der Waals surface area contributed by atoms with Crippen molar-refractivity contribution in [2.24, 2.45) is 0 Å². The Morgan fingerprint density at radius 3 is 2.71 bits per heavy atom. The predicted molar refractivity (Wildman–Crippen MR) is 78.2 cm³/mol. The van der Waals surface area contributed by atoms with Gasteiger partial charge in [-0.15, -0.1) is 0 Å². The molecular formula is C15H18ClNO4. The number of aliphatic hydroxyl groups is 1. The van der Waals surface area contributed by atoms with Crippen LogP contribution in [0.3, 0.4) is 0 Å². The van der Waals surface area contributed by atoms with E-state index in [1.807, 2.05) is 0 Å². The molecule has 0 saturated heterocycles. The Kier molecular flexibility index (Phi) is 3.95. The van der Waals surface area contributed by atoms with Crippen molar-refractivity contribution in [1.82, 2.24) is 5.32 Å². The number of hydrogen-bond donors (Lipinski definition) is 2. The van der Waals surface area contributed by atoms with E-state index in [-0.39, 0.29) is 12.5 Å². The zero-order valence-corrected chi connectivity index (χ0v) is 12.4. The molecule has 6 heteroatoms. The summed E-state index contributed by atoms with van der Waals surface area (Å²) in [6.45, 7) is 0.845. The quantitative estimate of drug-likeness (QED) is 0.897. The number of nitrogens with one attached hydrogen (secondary N) is 1. The normalized spacial score (nSPS) is 19.3. The number of carbonyl (C=O) groups excluding carboxylic acids is 1. The van der Waals surface area contributed by atoms with Gasteiger partial charge in [0.1, 0.15) is 13.2 Å². The molecule has 2 N–H and O–H groups in total. The minimum absolute atomic E-state index is 0.0446. The van der Waals surface area contributed by atoms with Crippen LogP contribution in [0.4, 0.5) is 0 Å². The second kappa shape index (κ2) is 5.73. The van der Waals surface area contributed by atoms with Crippen molar-refractivity contribution in [1.29, 1.82) is 0 Å². The molecule has 1 saturated carbocycles. The maximum absolute atomic E-state index is 12.4. The van der Waals surface area contributed by atoms with Gasteiger partial charge in [0.25, 0.3) is 5.91 Å². The third-order valence-electron chi connectivity index (χ3n) is 4.10. The second-order valence-electron chi connectivity index (χ2n) is 5.58. The number of carbonyl (C=O) groups is 1. The summed E-state index contributed by atoms with van der Waals surface area (Å²) in [5.41, 5.74) is -0.0828. The molecule has 0 radical (unpaired) electrons. The minimum atomic E-state index is -0.503. The van der Waals surface area contributed by atoms with Gasteiger partial charge in [-0.2, -0.15) is 0 Å². The Labute approximate surface area is 128 Å². The van der Waals surface area contributed by atoms with Crippen LogP contribution >= 0.6 is 11.6 Å². The van der Waals surface area contributed by atoms with Crippen molar-refractivity contribution >= 4 is 17.5 Å². The van der Waals surface area contributed by atoms with Gasteiger partial charge >= 0.3 is 0 Å². The summed E-state index contributed by atoms with van der Waals surface area (Å²) < 4.78 is 10.9. The summed E-state index contributed by atoms with van der Waals surface area (Å²) in [4.78, 5) is 12.4. The molecule has 3 rings (SSSR count). The van der Waals surface area contributed by atoms with Gasteiger partial charge in [0.15, 0.2) is 11.5 Å². The minimum Gasteiger partial charge on any atom is -0.486 e. The average Bonchev–Trinajstić information content (AvgIpc) is 2.96. The summed E-state index contributed by atoms with van der Waals surface area (Å²) in [6, 6.07) is 3.21. The van der Waals surface area contributed by atoms with Crippen LogP contribution in [-0.2, 0) is 0 Å². The van der Waals surface area contributed by atoms with Crippen LogP contribution < -0.4 is 14.8 Å². The number of halogens is 1. The first-order valence-electron chi connectivity index (χ1n) is 7.16. The average molecular weight is 312 g/mol. The third kappa shape index (κ3) is 2.80. The Hall–Kier alpha value is -1.46. The van der Waals surface area contributed by atoms with E-state index >= 15 is 0 Å². The standard InChI is InChI=1S/C15H18ClNO4/c16-11-7-10(8-12-13(11)21-6-5-20-12)14(19)17-15(9-18)3-1-2-4-15/h7-8,18H,1-6,9H2,(H,17,19). The number of fused-ring (bicyclic) bond motifs is 1. The number of hydrogen-bond acceptors (Lipinski definition) is 4. The summed E-state index contributed by atoms with van der Waals surface area (Å²) in [7, 11) is 0. The fourth-order valence-electron chi connectivity index (χ4n) is 2.93. The smallest absolute Gasteiger partial charge is 0.251 e. The largest absolute Gasteiger partial charge is 0.486 e. The van der Waals surface area contributed by atoms with Crippen molar-refractivity contribution < 1.29 is 19.4 Å². The van der Waals surface area contributed by atoms with Crippen LogP contribution in [0.25, 0.3) is 0 Å². The highest BCUT2D eigenvalue weighted by Crippen LogP contribution is 2.38. The molecule has 1 aromatic rings. The van der Waals surface area contributed by atoms with Gasteiger partial charge in [-0.05, 0) is 25.0 Å². The highest BCUT2D eigenvalue weighted by atomic mass is 35.5. The first kappa shape index (κ1) is 14.5. The van der Waals surface area contributed by atoms with Crippen molar-refractivity contribution in [3.8, 4) is 11.5 Å². The number of ether oxygens (including phenoxy) is 2. The highest BCUT2D eigenvalue weighted by molar-refractivity contribution is 6.32. The van der Waals surface area contributed by atoms with Crippen LogP contribution in [0.2, 0.25) is 5.02 Å². The van der Waals surface area contributed by atoms with E-state index in [2.05, 4.69) is 5.32 Å². The van der Waals surface area contributed by atoms with Crippen molar-refractivity contribution in [3.05, 3.63) is 22.7 Å². The number of amides is 1. The van der Waals surface area contributed by atoms with Crippen LogP contribution in [0.5, 0.6) is 11.5 Å². The lowest BCUT2D eigenvalue weighted by Crippen LogP contribution is -2.49. The zero-order valence-electron chi connectivity index (χ0n) is 11.7. The molecular weight excluding hydrogens is 294 g/mol. The molecule has 0 unspecified atom stereocenters. The van der Waals surface area contributed by atoms with Gasteiger partial charge in [0, 0.05) is 5.56 Å². The Balaban J connectivity index is 1.83. The van der Waals surface area contributed by atoms with Crippen molar-refractivity contribution in [2.75, 3.05) is 19.8 Å². The maximum Gasteiger partial charge on any atom is 0.251 e. The molecule has 5 nitrogen and oxygen atoms in total. The van der Waals surface area contributed by atoms with Gasteiger partial charge in [-0.3, -0.25) is 4.79 Å². The van der Waals surface area contributed by atoms with Crippen LogP contribution in [-0.4, -0.2) is 36.4 Å². The van der Waals surface area contributed by atoms with Crippen molar-refractivity contribution in [3.63, 3.8) is 0 Å². The lowest BCUT2D eigenvalue weighted by atomic mass is 9.98. The van der Waals surface area contributed by atoms with Gasteiger partial charge in [0.2, 0.25) is 0 Å². The monoisotopic (exact) mass is 311 g/mol. The predicted octanol–water partition coefficient (Wildman–Crippen LogP) is 2.15. The van der Waals surface area contributed by atoms with Crippen LogP contribution in [0.15, 0.2) is 12.1 Å². The van der Waals surface area contributed by atoms with E-state index in [0.717, 1.165) is 25.7 Å². The van der Waals surface area contributed by atoms with E-state index in [0.29, 0.717) is 35.3 Å². The lowest BCUT2D eigenvalue weighted by molar-refractivity contribution is 0.0837. The van der Waals surface area contributed by atoms with E-state index in [1.54, 1.807) is 12.1 Å². The first-order valence-corrected chi connectivity index (χ1v) is 7.54. The molecule has 0 spiro atoms. The van der Waals surface area contributed by atoms with Gasteiger partial charge < -0.3 is 19.9 Å². The van der Waals surface area contributed by atoms with Gasteiger partial charge in [-0.1, -0.05) is 24.4 Å². The highest BCUT2D eigenvalue weighted by Gasteiger charge is 2.35. The SMILES string of the molecule is O=C(NC1(CO)CCCC1)c1cc(Cl)c2c(c1)OCCO2. The first-order chi connectivity index (χ1) is 10.1. The molecule has 21 heavy (non-hydrogen) atoms. The number of rotatable bonds is 3. The molecule has 0 bridgehead atoms. The molecule has 1 fully saturated rings. The van der Waals surface area contributed by atoms with E-state index in [9.17, 15) is 9.90 Å². The summed E-state index contributed by atoms with van der Waals surface area (Å²) >= 11 is 6.14. The van der Waals surface area contributed by atoms with E-state index in [4.69, 9.17) is 21.1 Å². The van der Waals surface area contributed by atoms with Gasteiger partial charge in [0.05, 0.1) is 17.2 Å². The Bertz CT molecular complexity index is 555. The zero-order chi connectivity index (χ0) is 14.9. The summed E-state index contributed by atoms with van der Waals surface area (Å²) in [5.74, 6) is 0.727. The topological polar surface area (TPSA) is 67.8 Å². The summed E-state index contributed by atoms with van der Waals surface area (Å²) in [6.07, 6.45) is 3.63. The Morgan fingerprint density at radius 1 is 1.29 bits per heavy atom. The van der Waals surface area contributed by atoms with Crippen LogP contribution in [0, 0.1) is 0 Å². The van der Waals surface area contributed by atoms with E-state index < -0.39 is 5.54 Å². The second-order valence-corrected chi connectivity index (χ2v) is 5.99.